The van der Waals surface area contributed by atoms with Crippen LogP contribution < -0.4 is 5.32 Å². The summed E-state index contributed by atoms with van der Waals surface area (Å²) in [7, 11) is 0. The van der Waals surface area contributed by atoms with Crippen LogP contribution in [0, 0.1) is 11.8 Å². The molecule has 0 spiro atoms. The van der Waals surface area contributed by atoms with Crippen molar-refractivity contribution in [3.63, 3.8) is 0 Å². The van der Waals surface area contributed by atoms with E-state index < -0.39 is 0 Å². The van der Waals surface area contributed by atoms with Crippen LogP contribution in [0.5, 0.6) is 0 Å². The summed E-state index contributed by atoms with van der Waals surface area (Å²) in [6.07, 6.45) is 0. The lowest BCUT2D eigenvalue weighted by atomic mass is 9.93. The van der Waals surface area contributed by atoms with Gasteiger partial charge in [0.15, 0.2) is 0 Å². The fourth-order valence-corrected chi connectivity index (χ4v) is 3.54. The van der Waals surface area contributed by atoms with Gasteiger partial charge in [-0.15, -0.1) is 0 Å². The monoisotopic (exact) mass is 272 g/mol. The highest BCUT2D eigenvalue weighted by atomic mass is 32.2. The first-order valence-electron chi connectivity index (χ1n) is 7.54. The highest BCUT2D eigenvalue weighted by Gasteiger charge is 2.33. The van der Waals surface area contributed by atoms with Gasteiger partial charge in [-0.1, -0.05) is 34.6 Å². The lowest BCUT2D eigenvalue weighted by Crippen LogP contribution is -2.62. The van der Waals surface area contributed by atoms with Crippen molar-refractivity contribution in [3.05, 3.63) is 0 Å². The number of rotatable bonds is 6. The van der Waals surface area contributed by atoms with E-state index in [4.69, 9.17) is 0 Å². The Morgan fingerprint density at radius 2 is 1.83 bits per heavy atom. The van der Waals surface area contributed by atoms with Gasteiger partial charge in [-0.25, -0.2) is 0 Å². The SMILES string of the molecule is CCSCC(C)N1CC(C(C)C)NCC1C(C)C. The first kappa shape index (κ1) is 16.3. The van der Waals surface area contributed by atoms with Gasteiger partial charge in [0.25, 0.3) is 0 Å². The number of hydrogen-bond donors (Lipinski definition) is 1. The molecule has 0 aromatic rings. The summed E-state index contributed by atoms with van der Waals surface area (Å²) in [5, 5.41) is 3.74. The Morgan fingerprint density at radius 3 is 2.33 bits per heavy atom. The zero-order valence-corrected chi connectivity index (χ0v) is 13.9. The highest BCUT2D eigenvalue weighted by molar-refractivity contribution is 7.99. The summed E-state index contributed by atoms with van der Waals surface area (Å²) in [6, 6.07) is 2.06. The Labute approximate surface area is 118 Å². The third-order valence-electron chi connectivity index (χ3n) is 4.13. The Kier molecular flexibility index (Phi) is 7.04. The van der Waals surface area contributed by atoms with Crippen molar-refractivity contribution in [2.24, 2.45) is 11.8 Å². The van der Waals surface area contributed by atoms with E-state index in [9.17, 15) is 0 Å². The molecule has 0 bridgehead atoms. The maximum atomic E-state index is 3.74. The fraction of sp³-hybridized carbons (Fsp3) is 1.00. The summed E-state index contributed by atoms with van der Waals surface area (Å²) in [6.45, 7) is 16.4. The van der Waals surface area contributed by atoms with Crippen LogP contribution >= 0.6 is 11.8 Å². The van der Waals surface area contributed by atoms with Gasteiger partial charge in [-0.3, -0.25) is 4.90 Å². The normalized spacial score (nSPS) is 28.0. The molecule has 1 aliphatic heterocycles. The molecule has 18 heavy (non-hydrogen) atoms. The highest BCUT2D eigenvalue weighted by Crippen LogP contribution is 2.22. The third-order valence-corrected chi connectivity index (χ3v) is 5.25. The molecule has 1 heterocycles. The largest absolute Gasteiger partial charge is 0.311 e. The molecule has 0 amide bonds. The summed E-state index contributed by atoms with van der Waals surface area (Å²) in [4.78, 5) is 2.76. The molecule has 1 aliphatic rings. The molecule has 0 aliphatic carbocycles. The predicted molar refractivity (Wildman–Crippen MR) is 84.4 cm³/mol. The van der Waals surface area contributed by atoms with Crippen molar-refractivity contribution in [2.75, 3.05) is 24.6 Å². The van der Waals surface area contributed by atoms with E-state index >= 15 is 0 Å². The van der Waals surface area contributed by atoms with Gasteiger partial charge >= 0.3 is 0 Å². The zero-order chi connectivity index (χ0) is 13.7. The Hall–Kier alpha value is 0.270. The van der Waals surface area contributed by atoms with Crippen molar-refractivity contribution in [3.8, 4) is 0 Å². The van der Waals surface area contributed by atoms with Crippen molar-refractivity contribution in [1.29, 1.82) is 0 Å². The van der Waals surface area contributed by atoms with Crippen LogP contribution in [0.3, 0.4) is 0 Å². The van der Waals surface area contributed by atoms with Gasteiger partial charge in [0.05, 0.1) is 0 Å². The van der Waals surface area contributed by atoms with Crippen LogP contribution in [-0.2, 0) is 0 Å². The molecule has 3 atom stereocenters. The average Bonchev–Trinajstić information content (AvgIpc) is 2.34. The van der Waals surface area contributed by atoms with Crippen LogP contribution in [0.2, 0.25) is 0 Å². The minimum Gasteiger partial charge on any atom is -0.311 e. The minimum atomic E-state index is 0.661. The lowest BCUT2D eigenvalue weighted by Gasteiger charge is -2.46. The Bertz CT molecular complexity index is 231. The lowest BCUT2D eigenvalue weighted by molar-refractivity contribution is 0.0598. The van der Waals surface area contributed by atoms with E-state index in [-0.39, 0.29) is 0 Å². The van der Waals surface area contributed by atoms with Gasteiger partial charge in [-0.2, -0.15) is 11.8 Å². The van der Waals surface area contributed by atoms with E-state index in [0.29, 0.717) is 18.1 Å². The quantitative estimate of drug-likeness (QED) is 0.800. The average molecular weight is 273 g/mol. The Balaban J connectivity index is 2.65. The van der Waals surface area contributed by atoms with Crippen LogP contribution in [0.15, 0.2) is 0 Å². The number of nitrogens with zero attached hydrogens (tertiary/aromatic N) is 1. The van der Waals surface area contributed by atoms with Crippen LogP contribution in [-0.4, -0.2) is 47.6 Å². The molecule has 1 saturated heterocycles. The minimum absolute atomic E-state index is 0.661. The van der Waals surface area contributed by atoms with Gasteiger partial charge < -0.3 is 5.32 Å². The fourth-order valence-electron chi connectivity index (χ4n) is 2.77. The molecule has 0 radical (unpaired) electrons. The van der Waals surface area contributed by atoms with Gasteiger partial charge in [0.2, 0.25) is 0 Å². The second-order valence-corrected chi connectivity index (χ2v) is 7.59. The summed E-state index contributed by atoms with van der Waals surface area (Å²) in [5.41, 5.74) is 0. The first-order valence-corrected chi connectivity index (χ1v) is 8.69. The van der Waals surface area contributed by atoms with E-state index in [2.05, 4.69) is 63.5 Å². The van der Waals surface area contributed by atoms with E-state index in [0.717, 1.165) is 18.4 Å². The van der Waals surface area contributed by atoms with Crippen molar-refractivity contribution < 1.29 is 0 Å². The number of thioether (sulfide) groups is 1. The smallest absolute Gasteiger partial charge is 0.0247 e. The van der Waals surface area contributed by atoms with Crippen LogP contribution in [0.4, 0.5) is 0 Å². The molecule has 2 nitrogen and oxygen atoms in total. The summed E-state index contributed by atoms with van der Waals surface area (Å²) < 4.78 is 0. The van der Waals surface area contributed by atoms with Gasteiger partial charge in [0, 0.05) is 37.0 Å². The maximum Gasteiger partial charge on any atom is 0.0247 e. The predicted octanol–water partition coefficient (Wildman–Crippen LogP) is 3.08. The molecule has 3 unspecified atom stereocenters. The molecule has 3 heteroatoms. The molecule has 1 fully saturated rings. The second kappa shape index (κ2) is 7.76. The molecular weight excluding hydrogens is 240 g/mol. The van der Waals surface area contributed by atoms with Crippen molar-refractivity contribution in [2.45, 2.75) is 59.7 Å². The van der Waals surface area contributed by atoms with E-state index in [1.54, 1.807) is 0 Å². The van der Waals surface area contributed by atoms with E-state index in [1.807, 2.05) is 0 Å². The molecule has 0 aromatic heterocycles. The number of nitrogens with one attached hydrogen (secondary N) is 1. The van der Waals surface area contributed by atoms with Crippen molar-refractivity contribution >= 4 is 11.8 Å². The molecule has 1 rings (SSSR count). The first-order chi connectivity index (χ1) is 8.47. The van der Waals surface area contributed by atoms with Crippen molar-refractivity contribution in [1.82, 2.24) is 10.2 Å². The Morgan fingerprint density at radius 1 is 1.17 bits per heavy atom. The van der Waals surface area contributed by atoms with Crippen LogP contribution in [0.25, 0.3) is 0 Å². The standard InChI is InChI=1S/C15H32N2S/c1-7-18-10-13(6)17-9-14(11(2)3)16-8-15(17)12(4)5/h11-16H,7-10H2,1-6H3. The zero-order valence-electron chi connectivity index (χ0n) is 13.1. The maximum absolute atomic E-state index is 3.74. The molecule has 1 N–H and O–H groups in total. The van der Waals surface area contributed by atoms with E-state index in [1.165, 1.54) is 18.1 Å². The van der Waals surface area contributed by atoms with Crippen LogP contribution in [0.1, 0.15) is 41.5 Å². The topological polar surface area (TPSA) is 15.3 Å². The third kappa shape index (κ3) is 4.43. The molecule has 0 saturated carbocycles. The summed E-state index contributed by atoms with van der Waals surface area (Å²) >= 11 is 2.07. The number of hydrogen-bond acceptors (Lipinski definition) is 3. The molecule has 0 aromatic carbocycles. The molecular formula is C15H32N2S. The number of piperazine rings is 1. The van der Waals surface area contributed by atoms with Gasteiger partial charge in [0.1, 0.15) is 0 Å². The summed E-state index contributed by atoms with van der Waals surface area (Å²) in [5.74, 6) is 3.97. The molecule has 108 valence electrons. The van der Waals surface area contributed by atoms with Gasteiger partial charge in [-0.05, 0) is 24.5 Å². The second-order valence-electron chi connectivity index (χ2n) is 6.28.